The van der Waals surface area contributed by atoms with E-state index in [-0.39, 0.29) is 6.10 Å². The van der Waals surface area contributed by atoms with Crippen molar-refractivity contribution < 1.29 is 4.84 Å². The molecule has 1 aromatic carbocycles. The average Bonchev–Trinajstić information content (AvgIpc) is 2.16. The van der Waals surface area contributed by atoms with Gasteiger partial charge < -0.3 is 0 Å². The molecule has 3 nitrogen and oxygen atoms in total. The minimum atomic E-state index is -0.235. The smallest absolute Gasteiger partial charge is 0.102 e. The lowest BCUT2D eigenvalue weighted by atomic mass is 10.0. The number of benzene rings is 1. The fraction of sp³-hybridized carbons (Fsp3) is 0.222. The van der Waals surface area contributed by atoms with Crippen LogP contribution in [-0.2, 0) is 4.84 Å². The Hall–Kier alpha value is -1.37. The summed E-state index contributed by atoms with van der Waals surface area (Å²) in [5.41, 5.74) is 1.43. The Balaban J connectivity index is 3.07. The van der Waals surface area contributed by atoms with Crippen molar-refractivity contribution in [3.8, 4) is 6.07 Å². The van der Waals surface area contributed by atoms with Crippen molar-refractivity contribution in [1.29, 1.82) is 5.26 Å². The van der Waals surface area contributed by atoms with Gasteiger partial charge in [-0.2, -0.15) is 5.26 Å². The largest absolute Gasteiger partial charge is 0.297 e. The Morgan fingerprint density at radius 1 is 1.50 bits per heavy atom. The molecule has 0 fully saturated rings. The monoisotopic (exact) mass is 162 g/mol. The van der Waals surface area contributed by atoms with Gasteiger partial charge in [0.1, 0.15) is 6.10 Å². The van der Waals surface area contributed by atoms with Crippen LogP contribution in [0.1, 0.15) is 24.2 Å². The first-order valence-corrected chi connectivity index (χ1v) is 3.64. The van der Waals surface area contributed by atoms with E-state index >= 15 is 0 Å². The van der Waals surface area contributed by atoms with Gasteiger partial charge in [0, 0.05) is 5.56 Å². The molecule has 0 heterocycles. The van der Waals surface area contributed by atoms with Gasteiger partial charge in [-0.05, 0) is 13.0 Å². The van der Waals surface area contributed by atoms with Crippen LogP contribution in [0.15, 0.2) is 24.3 Å². The SMILES string of the molecule is CC(ON)c1ccccc1C#N. The van der Waals surface area contributed by atoms with Gasteiger partial charge >= 0.3 is 0 Å². The second-order valence-electron chi connectivity index (χ2n) is 2.48. The van der Waals surface area contributed by atoms with Crippen LogP contribution in [-0.4, -0.2) is 0 Å². The summed E-state index contributed by atoms with van der Waals surface area (Å²) in [6.45, 7) is 1.80. The topological polar surface area (TPSA) is 59.0 Å². The summed E-state index contributed by atoms with van der Waals surface area (Å²) in [5, 5.41) is 8.72. The third kappa shape index (κ3) is 1.62. The molecule has 0 aliphatic rings. The molecule has 1 rings (SSSR count). The second-order valence-corrected chi connectivity index (χ2v) is 2.48. The quantitative estimate of drug-likeness (QED) is 0.670. The van der Waals surface area contributed by atoms with Crippen LogP contribution in [0.2, 0.25) is 0 Å². The second kappa shape index (κ2) is 3.86. The fourth-order valence-corrected chi connectivity index (χ4v) is 1.03. The van der Waals surface area contributed by atoms with Crippen LogP contribution in [0, 0.1) is 11.3 Å². The third-order valence-corrected chi connectivity index (χ3v) is 1.72. The summed E-state index contributed by atoms with van der Waals surface area (Å²) in [5.74, 6) is 5.02. The summed E-state index contributed by atoms with van der Waals surface area (Å²) in [7, 11) is 0. The van der Waals surface area contributed by atoms with Gasteiger partial charge in [-0.25, -0.2) is 5.90 Å². The molecule has 0 aromatic heterocycles. The molecular formula is C9H10N2O. The van der Waals surface area contributed by atoms with E-state index in [9.17, 15) is 0 Å². The third-order valence-electron chi connectivity index (χ3n) is 1.72. The first-order valence-electron chi connectivity index (χ1n) is 3.64. The Kier molecular flexibility index (Phi) is 2.81. The maximum Gasteiger partial charge on any atom is 0.102 e. The van der Waals surface area contributed by atoms with Crippen molar-refractivity contribution >= 4 is 0 Å². The van der Waals surface area contributed by atoms with Gasteiger partial charge in [-0.1, -0.05) is 18.2 Å². The molecule has 2 N–H and O–H groups in total. The minimum Gasteiger partial charge on any atom is -0.297 e. The Labute approximate surface area is 71.3 Å². The summed E-state index contributed by atoms with van der Waals surface area (Å²) < 4.78 is 0. The molecule has 1 aromatic rings. The molecule has 0 bridgehead atoms. The van der Waals surface area contributed by atoms with Crippen LogP contribution in [0.25, 0.3) is 0 Å². The Bertz CT molecular complexity index is 304. The van der Waals surface area contributed by atoms with E-state index in [0.29, 0.717) is 5.56 Å². The van der Waals surface area contributed by atoms with Crippen LogP contribution >= 0.6 is 0 Å². The lowest BCUT2D eigenvalue weighted by Crippen LogP contribution is -2.06. The van der Waals surface area contributed by atoms with Crippen molar-refractivity contribution in [3.63, 3.8) is 0 Å². The number of hydrogen-bond acceptors (Lipinski definition) is 3. The molecule has 0 amide bonds. The van der Waals surface area contributed by atoms with Gasteiger partial charge in [0.15, 0.2) is 0 Å². The molecule has 62 valence electrons. The first-order chi connectivity index (χ1) is 5.79. The van der Waals surface area contributed by atoms with Crippen LogP contribution < -0.4 is 5.90 Å². The predicted molar refractivity (Wildman–Crippen MR) is 44.8 cm³/mol. The molecular weight excluding hydrogens is 152 g/mol. The molecule has 3 heteroatoms. The van der Waals surface area contributed by atoms with E-state index in [1.807, 2.05) is 18.2 Å². The highest BCUT2D eigenvalue weighted by Crippen LogP contribution is 2.18. The number of nitrogens with zero attached hydrogens (tertiary/aromatic N) is 1. The summed E-state index contributed by atoms with van der Waals surface area (Å²) in [6, 6.07) is 9.31. The van der Waals surface area contributed by atoms with Gasteiger partial charge in [0.05, 0.1) is 11.6 Å². The zero-order valence-corrected chi connectivity index (χ0v) is 6.82. The van der Waals surface area contributed by atoms with Crippen molar-refractivity contribution in [2.24, 2.45) is 5.90 Å². The van der Waals surface area contributed by atoms with Gasteiger partial charge in [0.25, 0.3) is 0 Å². The van der Waals surface area contributed by atoms with E-state index in [0.717, 1.165) is 5.56 Å². The lowest BCUT2D eigenvalue weighted by Gasteiger charge is -2.09. The Morgan fingerprint density at radius 2 is 2.17 bits per heavy atom. The normalized spacial score (nSPS) is 12.1. The molecule has 1 atom stereocenters. The van der Waals surface area contributed by atoms with E-state index < -0.39 is 0 Å². The van der Waals surface area contributed by atoms with E-state index in [1.54, 1.807) is 13.0 Å². The zero-order valence-electron chi connectivity index (χ0n) is 6.82. The minimum absolute atomic E-state index is 0.235. The van der Waals surface area contributed by atoms with Crippen molar-refractivity contribution in [1.82, 2.24) is 0 Å². The van der Waals surface area contributed by atoms with Gasteiger partial charge in [-0.3, -0.25) is 4.84 Å². The maximum atomic E-state index is 8.72. The summed E-state index contributed by atoms with van der Waals surface area (Å²) >= 11 is 0. The predicted octanol–water partition coefficient (Wildman–Crippen LogP) is 1.51. The molecule has 1 unspecified atom stereocenters. The van der Waals surface area contributed by atoms with E-state index in [2.05, 4.69) is 10.9 Å². The molecule has 12 heavy (non-hydrogen) atoms. The summed E-state index contributed by atoms with van der Waals surface area (Å²) in [4.78, 5) is 4.63. The number of nitriles is 1. The average molecular weight is 162 g/mol. The number of hydrogen-bond donors (Lipinski definition) is 1. The first kappa shape index (κ1) is 8.72. The number of rotatable bonds is 2. The highest BCUT2D eigenvalue weighted by molar-refractivity contribution is 5.38. The highest BCUT2D eigenvalue weighted by atomic mass is 16.6. The van der Waals surface area contributed by atoms with Crippen molar-refractivity contribution in [2.75, 3.05) is 0 Å². The molecule has 0 aliphatic heterocycles. The fourth-order valence-electron chi connectivity index (χ4n) is 1.03. The maximum absolute atomic E-state index is 8.72. The van der Waals surface area contributed by atoms with Crippen LogP contribution in [0.4, 0.5) is 0 Å². The van der Waals surface area contributed by atoms with E-state index in [4.69, 9.17) is 11.2 Å². The Morgan fingerprint density at radius 3 is 2.75 bits per heavy atom. The van der Waals surface area contributed by atoms with Crippen molar-refractivity contribution in [3.05, 3.63) is 35.4 Å². The molecule has 0 aliphatic carbocycles. The van der Waals surface area contributed by atoms with Gasteiger partial charge in [0.2, 0.25) is 0 Å². The van der Waals surface area contributed by atoms with Gasteiger partial charge in [-0.15, -0.1) is 0 Å². The van der Waals surface area contributed by atoms with Crippen LogP contribution in [0.3, 0.4) is 0 Å². The van der Waals surface area contributed by atoms with Crippen LogP contribution in [0.5, 0.6) is 0 Å². The molecule has 0 spiro atoms. The molecule has 0 saturated carbocycles. The zero-order chi connectivity index (χ0) is 8.97. The molecule has 0 radical (unpaired) electrons. The number of nitrogens with two attached hydrogens (primary N) is 1. The van der Waals surface area contributed by atoms with Crippen molar-refractivity contribution in [2.45, 2.75) is 13.0 Å². The van der Waals surface area contributed by atoms with E-state index in [1.165, 1.54) is 0 Å². The lowest BCUT2D eigenvalue weighted by molar-refractivity contribution is 0.0662. The summed E-state index contributed by atoms with van der Waals surface area (Å²) in [6.07, 6.45) is -0.235. The molecule has 0 saturated heterocycles. The standard InChI is InChI=1S/C9H10N2O/c1-7(12-11)9-5-3-2-4-8(9)6-10/h2-5,7H,11H2,1H3. The highest BCUT2D eigenvalue weighted by Gasteiger charge is 2.08.